The lowest BCUT2D eigenvalue weighted by Crippen LogP contribution is -2.36. The van der Waals surface area contributed by atoms with Gasteiger partial charge in [0, 0.05) is 6.54 Å². The number of carbonyl (C=O) groups excluding carboxylic acids is 1. The van der Waals surface area contributed by atoms with Crippen LogP contribution in [0.15, 0.2) is 47.4 Å². The number of amides is 2. The van der Waals surface area contributed by atoms with Gasteiger partial charge in [0.2, 0.25) is 0 Å². The molecule has 0 bridgehead atoms. The number of carbonyl (C=O) groups is 1. The molecule has 0 radical (unpaired) electrons. The van der Waals surface area contributed by atoms with Gasteiger partial charge >= 0.3 is 6.03 Å². The second-order valence-corrected chi connectivity index (χ2v) is 6.42. The molecular formula is C16H19N7OS. The van der Waals surface area contributed by atoms with Crippen molar-refractivity contribution in [1.82, 2.24) is 30.4 Å². The van der Waals surface area contributed by atoms with Crippen LogP contribution in [0.5, 0.6) is 0 Å². The first-order valence-electron chi connectivity index (χ1n) is 7.71. The van der Waals surface area contributed by atoms with Crippen molar-refractivity contribution >= 4 is 23.1 Å². The van der Waals surface area contributed by atoms with Gasteiger partial charge in [0.15, 0.2) is 0 Å². The summed E-state index contributed by atoms with van der Waals surface area (Å²) in [5, 5.41) is 21.0. The smallest absolute Gasteiger partial charge is 0.319 e. The number of thiophene rings is 1. The van der Waals surface area contributed by atoms with Gasteiger partial charge in [0.25, 0.3) is 0 Å². The molecular weight excluding hydrogens is 338 g/mol. The molecule has 2 N–H and O–H groups in total. The van der Waals surface area contributed by atoms with E-state index in [-0.39, 0.29) is 12.1 Å². The number of tetrazole rings is 1. The predicted molar refractivity (Wildman–Crippen MR) is 96.9 cm³/mol. The van der Waals surface area contributed by atoms with Gasteiger partial charge in [-0.15, -0.1) is 5.10 Å². The Balaban J connectivity index is 1.65. The highest BCUT2D eigenvalue weighted by Gasteiger charge is 2.16. The SMILES string of the molecule is CN(C)C(CNC(=O)Nc1ccccc1-n1cnnn1)c1ccsc1. The number of hydrogen-bond acceptors (Lipinski definition) is 6. The Kier molecular flexibility index (Phi) is 5.36. The summed E-state index contributed by atoms with van der Waals surface area (Å²) in [6, 6.07) is 9.26. The van der Waals surface area contributed by atoms with Crippen LogP contribution in [0.2, 0.25) is 0 Å². The molecule has 130 valence electrons. The van der Waals surface area contributed by atoms with Gasteiger partial charge < -0.3 is 15.5 Å². The number of para-hydroxylation sites is 2. The lowest BCUT2D eigenvalue weighted by atomic mass is 10.1. The Labute approximate surface area is 149 Å². The molecule has 0 aliphatic rings. The molecule has 3 rings (SSSR count). The first kappa shape index (κ1) is 17.1. The normalized spacial score (nSPS) is 12.1. The largest absolute Gasteiger partial charge is 0.336 e. The molecule has 0 fully saturated rings. The van der Waals surface area contributed by atoms with Crippen LogP contribution in [0.3, 0.4) is 0 Å². The molecule has 0 aliphatic heterocycles. The molecule has 8 nitrogen and oxygen atoms in total. The number of nitrogens with one attached hydrogen (secondary N) is 2. The zero-order valence-electron chi connectivity index (χ0n) is 14.0. The van der Waals surface area contributed by atoms with E-state index in [0.717, 1.165) is 0 Å². The first-order valence-corrected chi connectivity index (χ1v) is 8.65. The van der Waals surface area contributed by atoms with Crippen molar-refractivity contribution in [2.45, 2.75) is 6.04 Å². The highest BCUT2D eigenvalue weighted by molar-refractivity contribution is 7.07. The lowest BCUT2D eigenvalue weighted by molar-refractivity contribution is 0.243. The minimum Gasteiger partial charge on any atom is -0.336 e. The minimum atomic E-state index is -0.275. The highest BCUT2D eigenvalue weighted by Crippen LogP contribution is 2.21. The van der Waals surface area contributed by atoms with Crippen LogP contribution in [0, 0.1) is 0 Å². The maximum Gasteiger partial charge on any atom is 0.319 e. The maximum absolute atomic E-state index is 12.3. The average molecular weight is 357 g/mol. The molecule has 9 heteroatoms. The molecule has 0 spiro atoms. The van der Waals surface area contributed by atoms with Crippen molar-refractivity contribution < 1.29 is 4.79 Å². The van der Waals surface area contributed by atoms with E-state index in [0.29, 0.717) is 17.9 Å². The van der Waals surface area contributed by atoms with Crippen molar-refractivity contribution in [3.8, 4) is 5.69 Å². The first-order chi connectivity index (χ1) is 12.1. The van der Waals surface area contributed by atoms with Gasteiger partial charge in [-0.3, -0.25) is 0 Å². The Morgan fingerprint density at radius 2 is 2.16 bits per heavy atom. The molecule has 0 aliphatic carbocycles. The number of likely N-dealkylation sites (N-methyl/N-ethyl adjacent to an activating group) is 1. The lowest BCUT2D eigenvalue weighted by Gasteiger charge is -2.24. The zero-order valence-corrected chi connectivity index (χ0v) is 14.8. The van der Waals surface area contributed by atoms with E-state index in [4.69, 9.17) is 0 Å². The van der Waals surface area contributed by atoms with Crippen LogP contribution in [0.25, 0.3) is 5.69 Å². The van der Waals surface area contributed by atoms with Crippen molar-refractivity contribution in [2.75, 3.05) is 26.0 Å². The summed E-state index contributed by atoms with van der Waals surface area (Å²) in [6.45, 7) is 0.503. The highest BCUT2D eigenvalue weighted by atomic mass is 32.1. The summed E-state index contributed by atoms with van der Waals surface area (Å²) < 4.78 is 1.50. The quantitative estimate of drug-likeness (QED) is 0.706. The monoisotopic (exact) mass is 357 g/mol. The van der Waals surface area contributed by atoms with Crippen LogP contribution in [-0.2, 0) is 0 Å². The zero-order chi connectivity index (χ0) is 17.6. The van der Waals surface area contributed by atoms with Crippen molar-refractivity contribution in [3.63, 3.8) is 0 Å². The Bertz CT molecular complexity index is 802. The van der Waals surface area contributed by atoms with Gasteiger partial charge in [0.1, 0.15) is 6.33 Å². The van der Waals surface area contributed by atoms with Gasteiger partial charge in [-0.1, -0.05) is 12.1 Å². The van der Waals surface area contributed by atoms with Crippen molar-refractivity contribution in [2.24, 2.45) is 0 Å². The molecule has 2 amide bonds. The van der Waals surface area contributed by atoms with Gasteiger partial charge in [-0.2, -0.15) is 16.0 Å². The third-order valence-corrected chi connectivity index (χ3v) is 4.46. The van der Waals surface area contributed by atoms with Crippen LogP contribution in [0.4, 0.5) is 10.5 Å². The predicted octanol–water partition coefficient (Wildman–Crippen LogP) is 2.15. The van der Waals surface area contributed by atoms with Gasteiger partial charge in [0.05, 0.1) is 17.4 Å². The van der Waals surface area contributed by atoms with Crippen molar-refractivity contribution in [3.05, 3.63) is 53.0 Å². The number of hydrogen-bond donors (Lipinski definition) is 2. The Morgan fingerprint density at radius 1 is 1.32 bits per heavy atom. The van der Waals surface area contributed by atoms with E-state index in [1.54, 1.807) is 17.4 Å². The molecule has 2 aromatic heterocycles. The summed E-state index contributed by atoms with van der Waals surface area (Å²) in [7, 11) is 3.99. The van der Waals surface area contributed by atoms with Crippen LogP contribution in [0.1, 0.15) is 11.6 Å². The molecule has 25 heavy (non-hydrogen) atoms. The summed E-state index contributed by atoms with van der Waals surface area (Å²) in [5.74, 6) is 0. The van der Waals surface area contributed by atoms with Crippen LogP contribution >= 0.6 is 11.3 Å². The number of aromatic nitrogens is 4. The third kappa shape index (κ3) is 4.20. The van der Waals surface area contributed by atoms with E-state index in [1.807, 2.05) is 37.7 Å². The number of rotatable bonds is 6. The molecule has 1 unspecified atom stereocenters. The minimum absolute atomic E-state index is 0.117. The number of urea groups is 1. The topological polar surface area (TPSA) is 88.0 Å². The van der Waals surface area contributed by atoms with Gasteiger partial charge in [-0.25, -0.2) is 4.79 Å². The number of anilines is 1. The Morgan fingerprint density at radius 3 is 2.84 bits per heavy atom. The summed E-state index contributed by atoms with van der Waals surface area (Å²) in [5.41, 5.74) is 2.51. The van der Waals surface area contributed by atoms with E-state index in [2.05, 4.69) is 42.5 Å². The average Bonchev–Trinajstić information content (AvgIpc) is 3.29. The second kappa shape index (κ2) is 7.86. The van der Waals surface area contributed by atoms with E-state index in [9.17, 15) is 4.79 Å². The van der Waals surface area contributed by atoms with Crippen molar-refractivity contribution in [1.29, 1.82) is 0 Å². The standard InChI is InChI=1S/C16H19N7OS/c1-22(2)15(12-7-8-25-10-12)9-17-16(24)19-13-5-3-4-6-14(13)23-11-18-20-21-23/h3-8,10-11,15H,9H2,1-2H3,(H2,17,19,24). The molecule has 1 aromatic carbocycles. The fourth-order valence-electron chi connectivity index (χ4n) is 2.47. The molecule has 3 aromatic rings. The van der Waals surface area contributed by atoms with E-state index < -0.39 is 0 Å². The van der Waals surface area contributed by atoms with Crippen LogP contribution in [-0.4, -0.2) is 51.8 Å². The molecule has 2 heterocycles. The molecule has 0 saturated carbocycles. The van der Waals surface area contributed by atoms with E-state index >= 15 is 0 Å². The number of nitrogens with zero attached hydrogens (tertiary/aromatic N) is 5. The fraction of sp³-hybridized carbons (Fsp3) is 0.250. The van der Waals surface area contributed by atoms with E-state index in [1.165, 1.54) is 16.6 Å². The maximum atomic E-state index is 12.3. The van der Waals surface area contributed by atoms with Crippen LogP contribution < -0.4 is 10.6 Å². The summed E-state index contributed by atoms with van der Waals surface area (Å²) in [4.78, 5) is 14.4. The third-order valence-electron chi connectivity index (χ3n) is 3.76. The Hall–Kier alpha value is -2.78. The fourth-order valence-corrected chi connectivity index (χ4v) is 3.18. The molecule has 1 atom stereocenters. The van der Waals surface area contributed by atoms with Gasteiger partial charge in [-0.05, 0) is 59.0 Å². The summed E-state index contributed by atoms with van der Waals surface area (Å²) >= 11 is 1.65. The second-order valence-electron chi connectivity index (χ2n) is 5.64. The molecule has 0 saturated heterocycles. The number of benzene rings is 1. The summed E-state index contributed by atoms with van der Waals surface area (Å²) in [6.07, 6.45) is 1.48.